The fourth-order valence-corrected chi connectivity index (χ4v) is 2.29. The van der Waals surface area contributed by atoms with Gasteiger partial charge in [-0.3, -0.25) is 4.79 Å². The highest BCUT2D eigenvalue weighted by molar-refractivity contribution is 6.16. The van der Waals surface area contributed by atoms with E-state index in [1.54, 1.807) is 30.5 Å². The van der Waals surface area contributed by atoms with Crippen LogP contribution < -0.4 is 10.5 Å². The minimum absolute atomic E-state index is 0.217. The Hall–Kier alpha value is -2.82. The molecule has 3 aromatic rings. The number of aromatic amines is 1. The molecule has 4 nitrogen and oxygen atoms in total. The zero-order valence-corrected chi connectivity index (χ0v) is 11.3. The average molecular weight is 284 g/mol. The molecule has 0 fully saturated rings. The maximum atomic E-state index is 13.4. The number of rotatable bonds is 3. The minimum Gasteiger partial charge on any atom is -0.495 e. The number of hydrogen-bond donors (Lipinski definition) is 2. The summed E-state index contributed by atoms with van der Waals surface area (Å²) in [4.78, 5) is 15.5. The van der Waals surface area contributed by atoms with Gasteiger partial charge in [0.2, 0.25) is 0 Å². The lowest BCUT2D eigenvalue weighted by molar-refractivity contribution is 0.104. The van der Waals surface area contributed by atoms with E-state index in [4.69, 9.17) is 10.5 Å². The highest BCUT2D eigenvalue weighted by atomic mass is 19.1. The molecule has 106 valence electrons. The van der Waals surface area contributed by atoms with Crippen LogP contribution in [0.4, 0.5) is 10.1 Å². The number of nitrogen functional groups attached to an aromatic ring is 1. The SMILES string of the molecule is COc1cc(C(=O)c2c[nH]c3ccc(F)cc23)ccc1N. The van der Waals surface area contributed by atoms with Crippen LogP contribution in [0.5, 0.6) is 5.75 Å². The van der Waals surface area contributed by atoms with Crippen molar-refractivity contribution >= 4 is 22.4 Å². The Morgan fingerprint density at radius 1 is 1.24 bits per heavy atom. The lowest BCUT2D eigenvalue weighted by Crippen LogP contribution is -2.02. The van der Waals surface area contributed by atoms with Gasteiger partial charge in [0.25, 0.3) is 0 Å². The average Bonchev–Trinajstić information content (AvgIpc) is 2.90. The van der Waals surface area contributed by atoms with Crippen molar-refractivity contribution in [3.63, 3.8) is 0 Å². The maximum Gasteiger partial charge on any atom is 0.195 e. The van der Waals surface area contributed by atoms with E-state index >= 15 is 0 Å². The van der Waals surface area contributed by atoms with Crippen LogP contribution in [0, 0.1) is 5.82 Å². The second-order valence-electron chi connectivity index (χ2n) is 4.68. The molecule has 0 aliphatic heterocycles. The summed E-state index contributed by atoms with van der Waals surface area (Å²) in [6, 6.07) is 9.10. The number of hydrogen-bond acceptors (Lipinski definition) is 3. The molecule has 0 spiro atoms. The third-order valence-electron chi connectivity index (χ3n) is 3.38. The smallest absolute Gasteiger partial charge is 0.195 e. The van der Waals surface area contributed by atoms with E-state index in [-0.39, 0.29) is 11.6 Å². The molecule has 0 aliphatic carbocycles. The molecule has 0 aliphatic rings. The van der Waals surface area contributed by atoms with Crippen molar-refractivity contribution in [1.29, 1.82) is 0 Å². The number of fused-ring (bicyclic) bond motifs is 1. The van der Waals surface area contributed by atoms with Crippen molar-refractivity contribution < 1.29 is 13.9 Å². The summed E-state index contributed by atoms with van der Waals surface area (Å²) < 4.78 is 18.5. The molecule has 0 bridgehead atoms. The van der Waals surface area contributed by atoms with Crippen molar-refractivity contribution in [3.05, 3.63) is 59.5 Å². The Morgan fingerprint density at radius 2 is 2.05 bits per heavy atom. The second kappa shape index (κ2) is 4.94. The van der Waals surface area contributed by atoms with E-state index in [1.807, 2.05) is 0 Å². The predicted octanol–water partition coefficient (Wildman–Crippen LogP) is 3.13. The molecule has 0 saturated carbocycles. The van der Waals surface area contributed by atoms with E-state index < -0.39 is 0 Å². The summed E-state index contributed by atoms with van der Waals surface area (Å²) in [6.45, 7) is 0. The van der Waals surface area contributed by atoms with Crippen LogP contribution in [0.25, 0.3) is 10.9 Å². The molecule has 21 heavy (non-hydrogen) atoms. The quantitative estimate of drug-likeness (QED) is 0.573. The molecule has 1 heterocycles. The molecule has 3 rings (SSSR count). The number of carbonyl (C=O) groups excluding carboxylic acids is 1. The van der Waals surface area contributed by atoms with Crippen molar-refractivity contribution in [2.24, 2.45) is 0 Å². The summed E-state index contributed by atoms with van der Waals surface area (Å²) in [5.74, 6) is -0.164. The number of H-pyrrole nitrogens is 1. The first-order valence-electron chi connectivity index (χ1n) is 6.35. The van der Waals surface area contributed by atoms with Crippen LogP contribution in [0.3, 0.4) is 0 Å². The third kappa shape index (κ3) is 2.23. The lowest BCUT2D eigenvalue weighted by atomic mass is 10.0. The number of nitrogens with two attached hydrogens (primary N) is 1. The molecule has 0 unspecified atom stereocenters. The molecular formula is C16H13FN2O2. The number of carbonyl (C=O) groups is 1. The van der Waals surface area contributed by atoms with Crippen molar-refractivity contribution in [3.8, 4) is 5.75 Å². The number of anilines is 1. The highest BCUT2D eigenvalue weighted by Crippen LogP contribution is 2.26. The van der Waals surface area contributed by atoms with Gasteiger partial charge in [0.05, 0.1) is 12.8 Å². The fourth-order valence-electron chi connectivity index (χ4n) is 2.29. The number of aromatic nitrogens is 1. The lowest BCUT2D eigenvalue weighted by Gasteiger charge is -2.06. The normalized spacial score (nSPS) is 10.8. The number of ether oxygens (including phenoxy) is 1. The first kappa shape index (κ1) is 13.2. The molecule has 1 aromatic heterocycles. The largest absolute Gasteiger partial charge is 0.495 e. The number of benzene rings is 2. The Bertz CT molecular complexity index is 839. The number of methoxy groups -OCH3 is 1. The Balaban J connectivity index is 2.10. The summed E-state index contributed by atoms with van der Waals surface area (Å²) in [5.41, 5.74) is 7.75. The number of halogens is 1. The molecular weight excluding hydrogens is 271 g/mol. The topological polar surface area (TPSA) is 68.1 Å². The predicted molar refractivity (Wildman–Crippen MR) is 79.1 cm³/mol. The van der Waals surface area contributed by atoms with Crippen molar-refractivity contribution in [1.82, 2.24) is 4.98 Å². The molecule has 3 N–H and O–H groups in total. The van der Waals surface area contributed by atoms with Gasteiger partial charge in [-0.25, -0.2) is 4.39 Å². The molecule has 0 amide bonds. The first-order chi connectivity index (χ1) is 10.1. The van der Waals surface area contributed by atoms with Gasteiger partial charge in [0, 0.05) is 28.2 Å². The van der Waals surface area contributed by atoms with Crippen molar-refractivity contribution in [2.75, 3.05) is 12.8 Å². The molecule has 0 radical (unpaired) electrons. The Kier molecular flexibility index (Phi) is 3.10. The summed E-state index contributed by atoms with van der Waals surface area (Å²) in [6.07, 6.45) is 1.58. The van der Waals surface area contributed by atoms with Gasteiger partial charge < -0.3 is 15.5 Å². The molecule has 2 aromatic carbocycles. The van der Waals surface area contributed by atoms with E-state index in [0.29, 0.717) is 33.5 Å². The van der Waals surface area contributed by atoms with Gasteiger partial charge in [0.15, 0.2) is 5.78 Å². The van der Waals surface area contributed by atoms with Gasteiger partial charge in [-0.15, -0.1) is 0 Å². The van der Waals surface area contributed by atoms with E-state index in [0.717, 1.165) is 0 Å². The first-order valence-corrected chi connectivity index (χ1v) is 6.35. The van der Waals surface area contributed by atoms with Gasteiger partial charge >= 0.3 is 0 Å². The van der Waals surface area contributed by atoms with Crippen LogP contribution >= 0.6 is 0 Å². The molecule has 0 saturated heterocycles. The van der Waals surface area contributed by atoms with E-state index in [9.17, 15) is 9.18 Å². The van der Waals surface area contributed by atoms with Gasteiger partial charge in [-0.1, -0.05) is 0 Å². The highest BCUT2D eigenvalue weighted by Gasteiger charge is 2.16. The van der Waals surface area contributed by atoms with Crippen LogP contribution in [-0.2, 0) is 0 Å². The Morgan fingerprint density at radius 3 is 2.81 bits per heavy atom. The van der Waals surface area contributed by atoms with Crippen LogP contribution in [-0.4, -0.2) is 17.9 Å². The van der Waals surface area contributed by atoms with Crippen LogP contribution in [0.2, 0.25) is 0 Å². The third-order valence-corrected chi connectivity index (χ3v) is 3.38. The van der Waals surface area contributed by atoms with Gasteiger partial charge in [-0.05, 0) is 36.4 Å². The maximum absolute atomic E-state index is 13.4. The van der Waals surface area contributed by atoms with Crippen LogP contribution in [0.1, 0.15) is 15.9 Å². The van der Waals surface area contributed by atoms with Gasteiger partial charge in [0.1, 0.15) is 11.6 Å². The Labute approximate surface area is 120 Å². The van der Waals surface area contributed by atoms with Gasteiger partial charge in [-0.2, -0.15) is 0 Å². The fraction of sp³-hybridized carbons (Fsp3) is 0.0625. The summed E-state index contributed by atoms with van der Waals surface area (Å²) in [7, 11) is 1.49. The van der Waals surface area contributed by atoms with Crippen molar-refractivity contribution in [2.45, 2.75) is 0 Å². The van der Waals surface area contributed by atoms with Crippen LogP contribution in [0.15, 0.2) is 42.6 Å². The number of nitrogens with one attached hydrogen (secondary N) is 1. The second-order valence-corrected chi connectivity index (χ2v) is 4.68. The minimum atomic E-state index is -0.383. The number of ketones is 1. The molecule has 0 atom stereocenters. The van der Waals surface area contributed by atoms with E-state index in [1.165, 1.54) is 19.2 Å². The summed E-state index contributed by atoms with van der Waals surface area (Å²) >= 11 is 0. The monoisotopic (exact) mass is 284 g/mol. The summed E-state index contributed by atoms with van der Waals surface area (Å²) in [5, 5.41) is 0.552. The molecule has 5 heteroatoms. The van der Waals surface area contributed by atoms with E-state index in [2.05, 4.69) is 4.98 Å². The zero-order valence-electron chi connectivity index (χ0n) is 11.3. The zero-order chi connectivity index (χ0) is 15.0. The standard InChI is InChI=1S/C16H13FN2O2/c1-21-15-6-9(2-4-13(15)18)16(20)12-8-19-14-5-3-10(17)7-11(12)14/h2-8,19H,18H2,1H3.